The Balaban J connectivity index is 2.04. The van der Waals surface area contributed by atoms with Crippen molar-refractivity contribution in [2.45, 2.75) is 39.3 Å². The minimum atomic E-state index is -0.197. The van der Waals surface area contributed by atoms with Gasteiger partial charge in [0.05, 0.1) is 0 Å². The molecule has 1 aliphatic heterocycles. The van der Waals surface area contributed by atoms with Crippen LogP contribution in [-0.4, -0.2) is 66.9 Å². The van der Waals surface area contributed by atoms with E-state index in [4.69, 9.17) is 0 Å². The van der Waals surface area contributed by atoms with E-state index >= 15 is 0 Å². The summed E-state index contributed by atoms with van der Waals surface area (Å²) in [5.41, 5.74) is 1.12. The first-order valence-corrected chi connectivity index (χ1v) is 9.28. The Bertz CT molecular complexity index is 544. The lowest BCUT2D eigenvalue weighted by atomic mass is 10.0. The Morgan fingerprint density at radius 3 is 2.52 bits per heavy atom. The van der Waals surface area contributed by atoms with Gasteiger partial charge in [-0.05, 0) is 44.1 Å². The van der Waals surface area contributed by atoms with Crippen LogP contribution < -0.4 is 0 Å². The third-order valence-corrected chi connectivity index (χ3v) is 4.94. The summed E-state index contributed by atoms with van der Waals surface area (Å²) in [6, 6.07) is 7.09. The fourth-order valence-corrected chi connectivity index (χ4v) is 3.42. The smallest absolute Gasteiger partial charge is 0.223 e. The summed E-state index contributed by atoms with van der Waals surface area (Å²) >= 11 is 0. The first-order chi connectivity index (χ1) is 11.9. The van der Waals surface area contributed by atoms with Crippen LogP contribution in [0.15, 0.2) is 24.3 Å². The molecule has 0 aliphatic carbocycles. The van der Waals surface area contributed by atoms with Gasteiger partial charge in [0.1, 0.15) is 5.82 Å². The highest BCUT2D eigenvalue weighted by Crippen LogP contribution is 2.20. The van der Waals surface area contributed by atoms with Gasteiger partial charge in [-0.2, -0.15) is 0 Å². The molecular formula is C20H32FN3O. The van der Waals surface area contributed by atoms with Crippen LogP contribution >= 0.6 is 0 Å². The zero-order valence-electron chi connectivity index (χ0n) is 16.0. The number of carbonyl (C=O) groups excluding carboxylic acids is 1. The average molecular weight is 349 g/mol. The quantitative estimate of drug-likeness (QED) is 0.790. The number of rotatable bonds is 6. The standard InChI is InChI=1S/C20H32FN3O/c1-16(2)19-15-24(20(25)10-13-22(3)4)12-5-11-23(19)14-17-6-8-18(21)9-7-17/h6-9,16,19H,5,10-15H2,1-4H3/t19-/m0/s1. The van der Waals surface area contributed by atoms with Crippen LogP contribution in [0, 0.1) is 11.7 Å². The van der Waals surface area contributed by atoms with E-state index in [9.17, 15) is 9.18 Å². The Morgan fingerprint density at radius 1 is 1.24 bits per heavy atom. The van der Waals surface area contributed by atoms with E-state index < -0.39 is 0 Å². The molecule has 25 heavy (non-hydrogen) atoms. The average Bonchev–Trinajstić information content (AvgIpc) is 2.77. The van der Waals surface area contributed by atoms with E-state index in [1.807, 2.05) is 31.1 Å². The highest BCUT2D eigenvalue weighted by Gasteiger charge is 2.29. The number of halogens is 1. The lowest BCUT2D eigenvalue weighted by Crippen LogP contribution is -2.45. The summed E-state index contributed by atoms with van der Waals surface area (Å²) in [5.74, 6) is 0.517. The molecular weight excluding hydrogens is 317 g/mol. The number of hydrogen-bond acceptors (Lipinski definition) is 3. The minimum absolute atomic E-state index is 0.197. The summed E-state index contributed by atoms with van der Waals surface area (Å²) in [7, 11) is 3.99. The fourth-order valence-electron chi connectivity index (χ4n) is 3.42. The molecule has 1 aromatic carbocycles. The number of amides is 1. The van der Waals surface area contributed by atoms with Crippen molar-refractivity contribution in [1.82, 2.24) is 14.7 Å². The molecule has 0 bridgehead atoms. The van der Waals surface area contributed by atoms with Crippen molar-refractivity contribution in [2.75, 3.05) is 40.3 Å². The molecule has 0 aromatic heterocycles. The minimum Gasteiger partial charge on any atom is -0.341 e. The lowest BCUT2D eigenvalue weighted by molar-refractivity contribution is -0.132. The molecule has 0 unspecified atom stereocenters. The van der Waals surface area contributed by atoms with Gasteiger partial charge in [0.15, 0.2) is 0 Å². The summed E-state index contributed by atoms with van der Waals surface area (Å²) in [6.07, 6.45) is 1.56. The molecule has 5 heteroatoms. The van der Waals surface area contributed by atoms with Gasteiger partial charge < -0.3 is 9.80 Å². The van der Waals surface area contributed by atoms with Crippen molar-refractivity contribution in [3.05, 3.63) is 35.6 Å². The SMILES string of the molecule is CC(C)[C@@H]1CN(C(=O)CCN(C)C)CCCN1Cc1ccc(F)cc1. The predicted molar refractivity (Wildman–Crippen MR) is 99.8 cm³/mol. The van der Waals surface area contributed by atoms with Gasteiger partial charge in [0.2, 0.25) is 5.91 Å². The van der Waals surface area contributed by atoms with E-state index in [2.05, 4.69) is 23.6 Å². The molecule has 1 aromatic rings. The van der Waals surface area contributed by atoms with Crippen LogP contribution in [0.5, 0.6) is 0 Å². The molecule has 1 amide bonds. The number of nitrogens with zero attached hydrogens (tertiary/aromatic N) is 3. The van der Waals surface area contributed by atoms with Crippen molar-refractivity contribution in [2.24, 2.45) is 5.92 Å². The number of carbonyl (C=O) groups is 1. The molecule has 2 rings (SSSR count). The van der Waals surface area contributed by atoms with E-state index in [1.165, 1.54) is 12.1 Å². The molecule has 1 aliphatic rings. The lowest BCUT2D eigenvalue weighted by Gasteiger charge is -2.34. The molecule has 0 N–H and O–H groups in total. The molecule has 1 atom stereocenters. The van der Waals surface area contributed by atoms with Gasteiger partial charge in [-0.1, -0.05) is 26.0 Å². The third kappa shape index (κ3) is 6.08. The van der Waals surface area contributed by atoms with Gasteiger partial charge in [-0.3, -0.25) is 9.69 Å². The maximum atomic E-state index is 13.1. The van der Waals surface area contributed by atoms with Crippen LogP contribution in [0.1, 0.15) is 32.3 Å². The van der Waals surface area contributed by atoms with Crippen LogP contribution in [0.3, 0.4) is 0 Å². The zero-order chi connectivity index (χ0) is 18.4. The van der Waals surface area contributed by atoms with Crippen molar-refractivity contribution in [3.8, 4) is 0 Å². The molecule has 0 saturated carbocycles. The fraction of sp³-hybridized carbons (Fsp3) is 0.650. The van der Waals surface area contributed by atoms with Gasteiger partial charge in [0.25, 0.3) is 0 Å². The Labute approximate surface area is 151 Å². The largest absolute Gasteiger partial charge is 0.341 e. The Kier molecular flexibility index (Phi) is 7.38. The van der Waals surface area contributed by atoms with E-state index in [-0.39, 0.29) is 11.7 Å². The van der Waals surface area contributed by atoms with E-state index in [0.29, 0.717) is 18.4 Å². The molecule has 4 nitrogen and oxygen atoms in total. The van der Waals surface area contributed by atoms with Crippen LogP contribution in [-0.2, 0) is 11.3 Å². The van der Waals surface area contributed by atoms with E-state index in [1.54, 1.807) is 0 Å². The van der Waals surface area contributed by atoms with Crippen molar-refractivity contribution < 1.29 is 9.18 Å². The molecule has 1 heterocycles. The van der Waals surface area contributed by atoms with Gasteiger partial charge in [0, 0.05) is 45.2 Å². The van der Waals surface area contributed by atoms with Gasteiger partial charge in [-0.25, -0.2) is 4.39 Å². The van der Waals surface area contributed by atoms with Crippen LogP contribution in [0.4, 0.5) is 4.39 Å². The van der Waals surface area contributed by atoms with Crippen molar-refractivity contribution >= 4 is 5.91 Å². The third-order valence-electron chi connectivity index (χ3n) is 4.94. The second kappa shape index (κ2) is 9.30. The molecule has 1 fully saturated rings. The summed E-state index contributed by atoms with van der Waals surface area (Å²) in [4.78, 5) is 19.1. The summed E-state index contributed by atoms with van der Waals surface area (Å²) < 4.78 is 13.1. The van der Waals surface area contributed by atoms with Crippen LogP contribution in [0.25, 0.3) is 0 Å². The second-order valence-corrected chi connectivity index (χ2v) is 7.65. The van der Waals surface area contributed by atoms with E-state index in [0.717, 1.165) is 44.7 Å². The highest BCUT2D eigenvalue weighted by atomic mass is 19.1. The molecule has 0 radical (unpaired) electrons. The Hall–Kier alpha value is -1.46. The monoisotopic (exact) mass is 349 g/mol. The Morgan fingerprint density at radius 2 is 1.92 bits per heavy atom. The highest BCUT2D eigenvalue weighted by molar-refractivity contribution is 5.76. The predicted octanol–water partition coefficient (Wildman–Crippen LogP) is 2.84. The first kappa shape index (κ1) is 19.9. The summed E-state index contributed by atoms with van der Waals surface area (Å²) in [6.45, 7) is 8.62. The summed E-state index contributed by atoms with van der Waals surface area (Å²) in [5, 5.41) is 0. The second-order valence-electron chi connectivity index (χ2n) is 7.65. The maximum Gasteiger partial charge on any atom is 0.223 e. The van der Waals surface area contributed by atoms with Crippen LogP contribution in [0.2, 0.25) is 0 Å². The van der Waals surface area contributed by atoms with Gasteiger partial charge in [-0.15, -0.1) is 0 Å². The molecule has 140 valence electrons. The number of hydrogen-bond donors (Lipinski definition) is 0. The topological polar surface area (TPSA) is 26.8 Å². The normalized spacial score (nSPS) is 19.5. The molecule has 0 spiro atoms. The van der Waals surface area contributed by atoms with Gasteiger partial charge >= 0.3 is 0 Å². The maximum absolute atomic E-state index is 13.1. The van der Waals surface area contributed by atoms with Crippen molar-refractivity contribution in [3.63, 3.8) is 0 Å². The molecule has 1 saturated heterocycles. The number of benzene rings is 1. The zero-order valence-corrected chi connectivity index (χ0v) is 16.0. The van der Waals surface area contributed by atoms with Crippen molar-refractivity contribution in [1.29, 1.82) is 0 Å². The first-order valence-electron chi connectivity index (χ1n) is 9.28.